The van der Waals surface area contributed by atoms with Gasteiger partial charge in [-0.15, -0.1) is 0 Å². The van der Waals surface area contributed by atoms with Crippen LogP contribution in [-0.4, -0.2) is 49.3 Å². The first kappa shape index (κ1) is 11.0. The summed E-state index contributed by atoms with van der Waals surface area (Å²) >= 11 is 0. The van der Waals surface area contributed by atoms with E-state index in [0.717, 1.165) is 25.2 Å². The van der Waals surface area contributed by atoms with Gasteiger partial charge in [0.2, 0.25) is 0 Å². The highest BCUT2D eigenvalue weighted by Gasteiger charge is 2.35. The van der Waals surface area contributed by atoms with Crippen molar-refractivity contribution >= 4 is 0 Å². The maximum absolute atomic E-state index is 5.91. The van der Waals surface area contributed by atoms with Crippen molar-refractivity contribution in [3.63, 3.8) is 0 Å². The monoisotopic (exact) mass is 224 g/mol. The fraction of sp³-hybridized carbons (Fsp3) is 1.00. The van der Waals surface area contributed by atoms with Gasteiger partial charge in [-0.05, 0) is 32.2 Å². The summed E-state index contributed by atoms with van der Waals surface area (Å²) in [6, 6.07) is 1.48. The molecule has 0 radical (unpaired) electrons. The number of hydrogen-bond donors (Lipinski definition) is 1. The zero-order chi connectivity index (χ0) is 10.8. The minimum atomic E-state index is 0.545. The van der Waals surface area contributed by atoms with Crippen molar-refractivity contribution in [2.24, 2.45) is 0 Å². The number of nitrogens with one attached hydrogen (secondary N) is 1. The third kappa shape index (κ3) is 2.27. The second kappa shape index (κ2) is 5.03. The van der Waals surface area contributed by atoms with Gasteiger partial charge in [-0.1, -0.05) is 12.8 Å². The zero-order valence-electron chi connectivity index (χ0n) is 10.2. The molecular weight excluding hydrogens is 200 g/mol. The molecule has 0 bridgehead atoms. The molecule has 0 aromatic heterocycles. The number of nitrogens with zero attached hydrogens (tertiary/aromatic N) is 1. The van der Waals surface area contributed by atoms with Crippen LogP contribution in [0.1, 0.15) is 38.5 Å². The molecule has 0 spiro atoms. The van der Waals surface area contributed by atoms with Crippen molar-refractivity contribution in [1.29, 1.82) is 0 Å². The molecule has 16 heavy (non-hydrogen) atoms. The molecule has 2 saturated heterocycles. The SMILES string of the molecule is C1CCC2C(C1)OCCN2C[C@@H]1CCCN1. The molecule has 1 aliphatic carbocycles. The second-order valence-corrected chi connectivity index (χ2v) is 5.55. The highest BCUT2D eigenvalue weighted by molar-refractivity contribution is 4.90. The van der Waals surface area contributed by atoms with Gasteiger partial charge in [0.05, 0.1) is 12.7 Å². The Morgan fingerprint density at radius 2 is 2.06 bits per heavy atom. The van der Waals surface area contributed by atoms with Crippen LogP contribution in [0.15, 0.2) is 0 Å². The van der Waals surface area contributed by atoms with E-state index in [1.54, 1.807) is 0 Å². The van der Waals surface area contributed by atoms with E-state index in [2.05, 4.69) is 10.2 Å². The van der Waals surface area contributed by atoms with Crippen LogP contribution in [-0.2, 0) is 4.74 Å². The van der Waals surface area contributed by atoms with E-state index in [0.29, 0.717) is 6.10 Å². The summed E-state index contributed by atoms with van der Waals surface area (Å²) in [6.45, 7) is 4.58. The Labute approximate surface area is 98.5 Å². The van der Waals surface area contributed by atoms with E-state index < -0.39 is 0 Å². The van der Waals surface area contributed by atoms with Gasteiger partial charge in [-0.3, -0.25) is 4.90 Å². The average Bonchev–Trinajstić information content (AvgIpc) is 2.82. The highest BCUT2D eigenvalue weighted by atomic mass is 16.5. The largest absolute Gasteiger partial charge is 0.375 e. The van der Waals surface area contributed by atoms with Crippen LogP contribution in [0.5, 0.6) is 0 Å². The molecule has 2 aliphatic heterocycles. The molecule has 3 nitrogen and oxygen atoms in total. The Balaban J connectivity index is 1.59. The summed E-state index contributed by atoms with van der Waals surface area (Å²) in [4.78, 5) is 2.70. The van der Waals surface area contributed by atoms with Crippen LogP contribution in [0.2, 0.25) is 0 Å². The van der Waals surface area contributed by atoms with Crippen LogP contribution < -0.4 is 5.32 Å². The van der Waals surface area contributed by atoms with Crippen molar-refractivity contribution in [2.45, 2.75) is 56.7 Å². The minimum Gasteiger partial charge on any atom is -0.375 e. The van der Waals surface area contributed by atoms with Crippen LogP contribution in [0, 0.1) is 0 Å². The summed E-state index contributed by atoms with van der Waals surface area (Å²) < 4.78 is 5.91. The molecule has 3 heteroatoms. The lowest BCUT2D eigenvalue weighted by molar-refractivity contribution is -0.0897. The van der Waals surface area contributed by atoms with Crippen molar-refractivity contribution in [2.75, 3.05) is 26.2 Å². The van der Waals surface area contributed by atoms with Gasteiger partial charge >= 0.3 is 0 Å². The average molecular weight is 224 g/mol. The van der Waals surface area contributed by atoms with Gasteiger partial charge in [-0.25, -0.2) is 0 Å². The molecule has 0 amide bonds. The predicted octanol–water partition coefficient (Wildman–Crippen LogP) is 1.38. The van der Waals surface area contributed by atoms with E-state index in [1.807, 2.05) is 0 Å². The standard InChI is InChI=1S/C13H24N2O/c1-2-6-13-12(5-1)15(8-9-16-13)10-11-4-3-7-14-11/h11-14H,1-10H2/t11-,12?,13?/m0/s1. The Bertz CT molecular complexity index is 226. The third-order valence-corrected chi connectivity index (χ3v) is 4.46. The molecule has 0 aromatic carbocycles. The van der Waals surface area contributed by atoms with Crippen LogP contribution in [0.4, 0.5) is 0 Å². The van der Waals surface area contributed by atoms with Crippen molar-refractivity contribution in [3.05, 3.63) is 0 Å². The fourth-order valence-corrected chi connectivity index (χ4v) is 3.60. The lowest BCUT2D eigenvalue weighted by Gasteiger charge is -2.44. The van der Waals surface area contributed by atoms with Gasteiger partial charge in [0.15, 0.2) is 0 Å². The molecule has 2 unspecified atom stereocenters. The molecule has 3 aliphatic rings. The Morgan fingerprint density at radius 3 is 2.94 bits per heavy atom. The Hall–Kier alpha value is -0.120. The van der Waals surface area contributed by atoms with E-state index in [9.17, 15) is 0 Å². The summed E-state index contributed by atoms with van der Waals surface area (Å²) in [5.41, 5.74) is 0. The maximum atomic E-state index is 5.91. The van der Waals surface area contributed by atoms with E-state index >= 15 is 0 Å². The molecule has 3 atom stereocenters. The van der Waals surface area contributed by atoms with Crippen LogP contribution in [0.25, 0.3) is 0 Å². The lowest BCUT2D eigenvalue weighted by atomic mass is 9.90. The lowest BCUT2D eigenvalue weighted by Crippen LogP contribution is -2.55. The topological polar surface area (TPSA) is 24.5 Å². The van der Waals surface area contributed by atoms with Gasteiger partial charge < -0.3 is 10.1 Å². The van der Waals surface area contributed by atoms with Gasteiger partial charge in [0.1, 0.15) is 0 Å². The fourth-order valence-electron chi connectivity index (χ4n) is 3.60. The third-order valence-electron chi connectivity index (χ3n) is 4.46. The number of morpholine rings is 1. The number of rotatable bonds is 2. The van der Waals surface area contributed by atoms with Crippen LogP contribution >= 0.6 is 0 Å². The molecule has 3 fully saturated rings. The molecule has 1 N–H and O–H groups in total. The van der Waals surface area contributed by atoms with E-state index in [4.69, 9.17) is 4.74 Å². The Kier molecular flexibility index (Phi) is 3.46. The van der Waals surface area contributed by atoms with Gasteiger partial charge in [-0.2, -0.15) is 0 Å². The summed E-state index contributed by atoms with van der Waals surface area (Å²) in [5.74, 6) is 0. The smallest absolute Gasteiger partial charge is 0.0730 e. The summed E-state index contributed by atoms with van der Waals surface area (Å²) in [6.07, 6.45) is 8.70. The molecule has 0 aromatic rings. The second-order valence-electron chi connectivity index (χ2n) is 5.55. The first-order chi connectivity index (χ1) is 7.93. The number of fused-ring (bicyclic) bond motifs is 1. The minimum absolute atomic E-state index is 0.545. The molecule has 92 valence electrons. The normalized spacial score (nSPS) is 40.9. The molecule has 2 heterocycles. The highest BCUT2D eigenvalue weighted by Crippen LogP contribution is 2.28. The quantitative estimate of drug-likeness (QED) is 0.767. The Morgan fingerprint density at radius 1 is 1.12 bits per heavy atom. The van der Waals surface area contributed by atoms with Crippen molar-refractivity contribution < 1.29 is 4.74 Å². The molecule has 1 saturated carbocycles. The maximum Gasteiger partial charge on any atom is 0.0730 e. The molecule has 3 rings (SSSR count). The number of ether oxygens (including phenoxy) is 1. The number of hydrogen-bond acceptors (Lipinski definition) is 3. The van der Waals surface area contributed by atoms with E-state index in [-0.39, 0.29) is 0 Å². The van der Waals surface area contributed by atoms with Crippen LogP contribution in [0.3, 0.4) is 0 Å². The first-order valence-corrected chi connectivity index (χ1v) is 7.02. The van der Waals surface area contributed by atoms with Gasteiger partial charge in [0, 0.05) is 25.2 Å². The van der Waals surface area contributed by atoms with Gasteiger partial charge in [0.25, 0.3) is 0 Å². The predicted molar refractivity (Wildman–Crippen MR) is 64.6 cm³/mol. The molecular formula is C13H24N2O. The zero-order valence-corrected chi connectivity index (χ0v) is 10.2. The first-order valence-electron chi connectivity index (χ1n) is 7.02. The summed E-state index contributed by atoms with van der Waals surface area (Å²) in [7, 11) is 0. The van der Waals surface area contributed by atoms with Crippen molar-refractivity contribution in [1.82, 2.24) is 10.2 Å². The summed E-state index contributed by atoms with van der Waals surface area (Å²) in [5, 5.41) is 3.62. The van der Waals surface area contributed by atoms with Crippen molar-refractivity contribution in [3.8, 4) is 0 Å². The van der Waals surface area contributed by atoms with E-state index in [1.165, 1.54) is 51.6 Å².